The van der Waals surface area contributed by atoms with E-state index in [9.17, 15) is 9.59 Å². The molecule has 0 radical (unpaired) electrons. The smallest absolute Gasteiger partial charge is 0.408 e. The van der Waals surface area contributed by atoms with Crippen LogP contribution in [-0.4, -0.2) is 43.1 Å². The lowest BCUT2D eigenvalue weighted by Gasteiger charge is -2.22. The van der Waals surface area contributed by atoms with Gasteiger partial charge < -0.3 is 19.5 Å². The van der Waals surface area contributed by atoms with Gasteiger partial charge in [0.1, 0.15) is 17.4 Å². The second-order valence-electron chi connectivity index (χ2n) is 7.94. The largest absolute Gasteiger partial charge is 0.494 e. The summed E-state index contributed by atoms with van der Waals surface area (Å²) < 4.78 is 16.3. The quantitative estimate of drug-likeness (QED) is 0.433. The summed E-state index contributed by atoms with van der Waals surface area (Å²) in [5.74, 6) is 0.233. The number of ether oxygens (including phenoxy) is 3. The number of rotatable bonds is 10. The Bertz CT molecular complexity index is 877. The number of amides is 2. The van der Waals surface area contributed by atoms with Gasteiger partial charge in [0, 0.05) is 0 Å². The van der Waals surface area contributed by atoms with Gasteiger partial charge in [-0.2, -0.15) is 5.10 Å². The predicted octanol–water partition coefficient (Wildman–Crippen LogP) is 3.65. The van der Waals surface area contributed by atoms with E-state index in [-0.39, 0.29) is 6.61 Å². The van der Waals surface area contributed by atoms with Gasteiger partial charge in [-0.05, 0) is 63.1 Å². The normalized spacial score (nSPS) is 12.2. The molecule has 32 heavy (non-hydrogen) atoms. The summed E-state index contributed by atoms with van der Waals surface area (Å²) >= 11 is 0. The molecule has 1 atom stereocenters. The molecule has 0 heterocycles. The molecule has 0 aliphatic heterocycles. The van der Waals surface area contributed by atoms with Crippen molar-refractivity contribution in [3.8, 4) is 5.75 Å². The molecule has 2 N–H and O–H groups in total. The number of nitrogens with one attached hydrogen (secondary N) is 2. The average molecular weight is 442 g/mol. The summed E-state index contributed by atoms with van der Waals surface area (Å²) in [6.45, 7) is 7.99. The Morgan fingerprint density at radius 2 is 1.75 bits per heavy atom. The van der Waals surface area contributed by atoms with Crippen LogP contribution in [0.2, 0.25) is 0 Å². The van der Waals surface area contributed by atoms with Crippen molar-refractivity contribution in [2.24, 2.45) is 5.10 Å². The summed E-state index contributed by atoms with van der Waals surface area (Å²) in [5.41, 5.74) is 3.48. The molecule has 0 aliphatic carbocycles. The second kappa shape index (κ2) is 12.5. The van der Waals surface area contributed by atoms with Crippen LogP contribution in [0.25, 0.3) is 0 Å². The third kappa shape index (κ3) is 9.61. The molecule has 0 saturated carbocycles. The third-order valence-corrected chi connectivity index (χ3v) is 3.98. The Labute approximate surface area is 188 Å². The monoisotopic (exact) mass is 441 g/mol. The molecule has 0 aliphatic rings. The number of alkyl carbamates (subject to hydrolysis) is 1. The van der Waals surface area contributed by atoms with Gasteiger partial charge >= 0.3 is 6.09 Å². The highest BCUT2D eigenvalue weighted by Crippen LogP contribution is 2.11. The lowest BCUT2D eigenvalue weighted by Crippen LogP contribution is -2.49. The van der Waals surface area contributed by atoms with Crippen molar-refractivity contribution >= 4 is 18.2 Å². The van der Waals surface area contributed by atoms with E-state index in [4.69, 9.17) is 14.2 Å². The molecule has 2 aromatic carbocycles. The van der Waals surface area contributed by atoms with E-state index in [1.807, 2.05) is 61.5 Å². The molecule has 0 spiro atoms. The maximum atomic E-state index is 12.6. The molecular formula is C24H31N3O5. The van der Waals surface area contributed by atoms with Crippen LogP contribution in [0, 0.1) is 0 Å². The van der Waals surface area contributed by atoms with Crippen LogP contribution in [0.3, 0.4) is 0 Å². The van der Waals surface area contributed by atoms with E-state index in [1.54, 1.807) is 20.8 Å². The zero-order chi connectivity index (χ0) is 23.4. The zero-order valence-electron chi connectivity index (χ0n) is 19.0. The van der Waals surface area contributed by atoms with Crippen LogP contribution < -0.4 is 15.5 Å². The van der Waals surface area contributed by atoms with Crippen molar-refractivity contribution in [1.29, 1.82) is 0 Å². The number of hydrogen-bond donors (Lipinski definition) is 2. The van der Waals surface area contributed by atoms with E-state index in [0.29, 0.717) is 13.2 Å². The lowest BCUT2D eigenvalue weighted by molar-refractivity contribution is -0.124. The van der Waals surface area contributed by atoms with Gasteiger partial charge in [0.15, 0.2) is 0 Å². The minimum absolute atomic E-state index is 0.0431. The van der Waals surface area contributed by atoms with Gasteiger partial charge in [-0.1, -0.05) is 30.3 Å². The van der Waals surface area contributed by atoms with Crippen LogP contribution in [-0.2, 0) is 20.9 Å². The van der Waals surface area contributed by atoms with Crippen molar-refractivity contribution in [2.75, 3.05) is 13.2 Å². The fourth-order valence-corrected chi connectivity index (χ4v) is 2.57. The predicted molar refractivity (Wildman–Crippen MR) is 123 cm³/mol. The average Bonchev–Trinajstić information content (AvgIpc) is 2.74. The van der Waals surface area contributed by atoms with Gasteiger partial charge in [-0.15, -0.1) is 0 Å². The molecule has 8 heteroatoms. The van der Waals surface area contributed by atoms with E-state index in [2.05, 4.69) is 15.8 Å². The van der Waals surface area contributed by atoms with Crippen LogP contribution in [0.5, 0.6) is 5.75 Å². The number of hydrazone groups is 1. The first-order chi connectivity index (χ1) is 15.3. The summed E-state index contributed by atoms with van der Waals surface area (Å²) in [4.78, 5) is 24.8. The first-order valence-electron chi connectivity index (χ1n) is 10.4. The molecule has 2 amide bonds. The molecule has 2 aromatic rings. The van der Waals surface area contributed by atoms with Gasteiger partial charge in [0.25, 0.3) is 5.91 Å². The maximum absolute atomic E-state index is 12.6. The van der Waals surface area contributed by atoms with Crippen LogP contribution in [0.4, 0.5) is 4.79 Å². The standard InChI is InChI=1S/C24H31N3O5/c1-5-31-20-13-11-18(12-14-20)15-25-27-22(28)21(26-23(29)32-24(2,3)4)17-30-16-19-9-7-6-8-10-19/h6-15,21H,5,16-17H2,1-4H3,(H,26,29)(H,27,28). The topological polar surface area (TPSA) is 98.3 Å². The first-order valence-corrected chi connectivity index (χ1v) is 10.4. The molecule has 172 valence electrons. The summed E-state index contributed by atoms with van der Waals surface area (Å²) in [6.07, 6.45) is 0.791. The molecule has 2 rings (SSSR count). The molecule has 0 aromatic heterocycles. The molecule has 1 unspecified atom stereocenters. The lowest BCUT2D eigenvalue weighted by atomic mass is 10.2. The summed E-state index contributed by atoms with van der Waals surface area (Å²) in [7, 11) is 0. The molecule has 0 fully saturated rings. The second-order valence-corrected chi connectivity index (χ2v) is 7.94. The Morgan fingerprint density at radius 1 is 1.06 bits per heavy atom. The highest BCUT2D eigenvalue weighted by molar-refractivity contribution is 5.87. The van der Waals surface area contributed by atoms with E-state index >= 15 is 0 Å². The van der Waals surface area contributed by atoms with Crippen molar-refractivity contribution in [2.45, 2.75) is 45.9 Å². The number of benzene rings is 2. The van der Waals surface area contributed by atoms with Gasteiger partial charge in [0.2, 0.25) is 0 Å². The number of hydrogen-bond acceptors (Lipinski definition) is 6. The fourth-order valence-electron chi connectivity index (χ4n) is 2.57. The Kier molecular flexibility index (Phi) is 9.69. The van der Waals surface area contributed by atoms with E-state index in [1.165, 1.54) is 6.21 Å². The Morgan fingerprint density at radius 3 is 2.38 bits per heavy atom. The van der Waals surface area contributed by atoms with Gasteiger partial charge in [-0.25, -0.2) is 10.2 Å². The highest BCUT2D eigenvalue weighted by Gasteiger charge is 2.24. The Balaban J connectivity index is 1.95. The highest BCUT2D eigenvalue weighted by atomic mass is 16.6. The SMILES string of the molecule is CCOc1ccc(C=NNC(=O)C(COCc2ccccc2)NC(=O)OC(C)(C)C)cc1. The van der Waals surface area contributed by atoms with Crippen molar-refractivity contribution in [3.05, 3.63) is 65.7 Å². The molecule has 0 saturated heterocycles. The number of carbonyl (C=O) groups excluding carboxylic acids is 2. The third-order valence-electron chi connectivity index (χ3n) is 3.98. The summed E-state index contributed by atoms with van der Waals surface area (Å²) in [5, 5.41) is 6.51. The molecular weight excluding hydrogens is 410 g/mol. The van der Waals surface area contributed by atoms with Crippen LogP contribution in [0.15, 0.2) is 59.7 Å². The van der Waals surface area contributed by atoms with Crippen molar-refractivity contribution in [1.82, 2.24) is 10.7 Å². The van der Waals surface area contributed by atoms with E-state index in [0.717, 1.165) is 16.9 Å². The van der Waals surface area contributed by atoms with Crippen LogP contribution in [0.1, 0.15) is 38.8 Å². The fraction of sp³-hybridized carbons (Fsp3) is 0.375. The summed E-state index contributed by atoms with van der Waals surface area (Å²) in [6, 6.07) is 15.8. The van der Waals surface area contributed by atoms with Crippen LogP contribution >= 0.6 is 0 Å². The minimum atomic E-state index is -0.981. The van der Waals surface area contributed by atoms with Crippen molar-refractivity contribution < 1.29 is 23.8 Å². The molecule has 8 nitrogen and oxygen atoms in total. The number of nitrogens with zero attached hydrogens (tertiary/aromatic N) is 1. The van der Waals surface area contributed by atoms with Gasteiger partial charge in [0.05, 0.1) is 26.0 Å². The van der Waals surface area contributed by atoms with Gasteiger partial charge in [-0.3, -0.25) is 4.79 Å². The number of carbonyl (C=O) groups is 2. The zero-order valence-corrected chi connectivity index (χ0v) is 19.0. The van der Waals surface area contributed by atoms with Crippen molar-refractivity contribution in [3.63, 3.8) is 0 Å². The minimum Gasteiger partial charge on any atom is -0.494 e. The van der Waals surface area contributed by atoms with E-state index < -0.39 is 23.6 Å². The maximum Gasteiger partial charge on any atom is 0.408 e. The first kappa shape index (κ1) is 24.9. The molecule has 0 bridgehead atoms. The Hall–Kier alpha value is -3.39.